The number of hydrogen-bond donors (Lipinski definition) is 0. The second-order valence-corrected chi connectivity index (χ2v) is 6.36. The second kappa shape index (κ2) is 6.28. The molecule has 27 heavy (non-hydrogen) atoms. The van der Waals surface area contributed by atoms with Gasteiger partial charge in [-0.15, -0.1) is 0 Å². The summed E-state index contributed by atoms with van der Waals surface area (Å²) in [5, 5.41) is 2.46. The van der Waals surface area contributed by atoms with Crippen molar-refractivity contribution in [2.45, 2.75) is 0 Å². The summed E-state index contributed by atoms with van der Waals surface area (Å²) >= 11 is 0. The Bertz CT molecular complexity index is 1290. The highest BCUT2D eigenvalue weighted by molar-refractivity contribution is 5.91. The van der Waals surface area contributed by atoms with Crippen LogP contribution in [0.3, 0.4) is 0 Å². The number of hydrogen-bond acceptors (Lipinski definition) is 5. The summed E-state index contributed by atoms with van der Waals surface area (Å²) in [6.45, 7) is 0. The summed E-state index contributed by atoms with van der Waals surface area (Å²) in [6, 6.07) is 12.4. The van der Waals surface area contributed by atoms with Crippen LogP contribution >= 0.6 is 0 Å². The van der Waals surface area contributed by atoms with Crippen molar-refractivity contribution >= 4 is 21.8 Å². The number of rotatable bonds is 3. The molecule has 0 aliphatic rings. The minimum absolute atomic E-state index is 0.219. The highest BCUT2D eigenvalue weighted by Gasteiger charge is 2.11. The number of fused-ring (bicyclic) bond motifs is 2. The van der Waals surface area contributed by atoms with E-state index in [-0.39, 0.29) is 11.1 Å². The minimum Gasteiger partial charge on any atom is -0.497 e. The Kier molecular flexibility index (Phi) is 3.92. The summed E-state index contributed by atoms with van der Waals surface area (Å²) in [7, 11) is 5.13. The zero-order valence-electron chi connectivity index (χ0n) is 15.2. The van der Waals surface area contributed by atoms with Crippen LogP contribution in [0.4, 0.5) is 0 Å². The van der Waals surface area contributed by atoms with E-state index in [1.165, 1.54) is 9.24 Å². The van der Waals surface area contributed by atoms with E-state index in [1.54, 1.807) is 62.9 Å². The molecule has 7 nitrogen and oxygen atoms in total. The van der Waals surface area contributed by atoms with Gasteiger partial charge in [-0.1, -0.05) is 6.07 Å². The molecule has 0 unspecified atom stereocenters. The molecule has 0 fully saturated rings. The van der Waals surface area contributed by atoms with E-state index in [9.17, 15) is 9.59 Å². The lowest BCUT2D eigenvalue weighted by Crippen LogP contribution is -2.35. The quantitative estimate of drug-likeness (QED) is 0.521. The Morgan fingerprint density at radius 2 is 1.63 bits per heavy atom. The fraction of sp³-hybridized carbons (Fsp3) is 0.150. The first kappa shape index (κ1) is 16.8. The number of methoxy groups -OCH3 is 1. The Morgan fingerprint density at radius 1 is 0.926 bits per heavy atom. The average Bonchev–Trinajstić information content (AvgIpc) is 2.67. The van der Waals surface area contributed by atoms with Crippen LogP contribution in [0.2, 0.25) is 0 Å². The lowest BCUT2D eigenvalue weighted by atomic mass is 10.2. The van der Waals surface area contributed by atoms with Crippen molar-refractivity contribution in [3.8, 4) is 11.4 Å². The van der Waals surface area contributed by atoms with Gasteiger partial charge in [-0.3, -0.25) is 14.2 Å². The van der Waals surface area contributed by atoms with Gasteiger partial charge in [0.1, 0.15) is 5.75 Å². The van der Waals surface area contributed by atoms with E-state index in [1.807, 2.05) is 18.2 Å². The van der Waals surface area contributed by atoms with Crippen molar-refractivity contribution in [3.05, 3.63) is 75.6 Å². The molecule has 4 rings (SSSR count). The van der Waals surface area contributed by atoms with E-state index < -0.39 is 0 Å². The normalized spacial score (nSPS) is 11.1. The van der Waals surface area contributed by atoms with E-state index in [0.29, 0.717) is 33.2 Å². The Hall–Kier alpha value is -3.61. The molecule has 0 atom stereocenters. The SMILES string of the molecule is COc1cccc(-n2ccc3nc4ccn(N(C)C)c(=O)c4cc3c2=O)c1. The molecular weight excluding hydrogens is 344 g/mol. The average molecular weight is 362 g/mol. The first-order chi connectivity index (χ1) is 13.0. The zero-order valence-corrected chi connectivity index (χ0v) is 15.2. The number of pyridine rings is 3. The smallest absolute Gasteiger partial charge is 0.278 e. The topological polar surface area (TPSA) is 69.4 Å². The maximum absolute atomic E-state index is 13.1. The Labute approximate surface area is 154 Å². The van der Waals surface area contributed by atoms with Gasteiger partial charge in [0.25, 0.3) is 11.1 Å². The van der Waals surface area contributed by atoms with E-state index in [2.05, 4.69) is 4.98 Å². The fourth-order valence-corrected chi connectivity index (χ4v) is 3.09. The molecule has 0 bridgehead atoms. The summed E-state index contributed by atoms with van der Waals surface area (Å²) in [5.41, 5.74) is 1.33. The monoisotopic (exact) mass is 362 g/mol. The molecule has 0 N–H and O–H groups in total. The van der Waals surface area contributed by atoms with Gasteiger partial charge in [0.05, 0.1) is 34.6 Å². The molecule has 0 saturated heterocycles. The van der Waals surface area contributed by atoms with Gasteiger partial charge in [-0.2, -0.15) is 0 Å². The molecule has 7 heteroatoms. The number of ether oxygens (including phenoxy) is 1. The van der Waals surface area contributed by atoms with Crippen molar-refractivity contribution in [3.63, 3.8) is 0 Å². The van der Waals surface area contributed by atoms with Crippen LogP contribution in [-0.2, 0) is 0 Å². The van der Waals surface area contributed by atoms with Gasteiger partial charge >= 0.3 is 0 Å². The molecule has 0 radical (unpaired) electrons. The largest absolute Gasteiger partial charge is 0.497 e. The molecule has 3 aromatic heterocycles. The van der Waals surface area contributed by atoms with Crippen molar-refractivity contribution in [2.75, 3.05) is 26.2 Å². The van der Waals surface area contributed by atoms with Crippen molar-refractivity contribution in [2.24, 2.45) is 0 Å². The Morgan fingerprint density at radius 3 is 2.33 bits per heavy atom. The standard InChI is InChI=1S/C20H18N4O3/c1-22(2)24-10-8-18-16(20(24)26)12-15-17(21-18)7-9-23(19(15)25)13-5-4-6-14(11-13)27-3/h4-12H,1-3H3. The highest BCUT2D eigenvalue weighted by Crippen LogP contribution is 2.18. The van der Waals surface area contributed by atoms with Crippen molar-refractivity contribution in [1.82, 2.24) is 14.2 Å². The van der Waals surface area contributed by atoms with Gasteiger partial charge in [0, 0.05) is 32.6 Å². The van der Waals surface area contributed by atoms with Crippen molar-refractivity contribution in [1.29, 1.82) is 0 Å². The molecule has 136 valence electrons. The third-order valence-corrected chi connectivity index (χ3v) is 4.49. The third kappa shape index (κ3) is 2.73. The summed E-state index contributed by atoms with van der Waals surface area (Å²) in [6.07, 6.45) is 3.35. The van der Waals surface area contributed by atoms with Crippen LogP contribution in [0, 0.1) is 0 Å². The maximum Gasteiger partial charge on any atom is 0.278 e. The molecule has 0 aliphatic carbocycles. The predicted molar refractivity (Wildman–Crippen MR) is 106 cm³/mol. The predicted octanol–water partition coefficient (Wildman–Crippen LogP) is 1.91. The highest BCUT2D eigenvalue weighted by atomic mass is 16.5. The van der Waals surface area contributed by atoms with E-state index in [4.69, 9.17) is 4.74 Å². The third-order valence-electron chi connectivity index (χ3n) is 4.49. The maximum atomic E-state index is 13.1. The van der Waals surface area contributed by atoms with E-state index in [0.717, 1.165) is 0 Å². The van der Waals surface area contributed by atoms with Crippen molar-refractivity contribution < 1.29 is 4.74 Å². The number of benzene rings is 1. The van der Waals surface area contributed by atoms with Crippen LogP contribution in [-0.4, -0.2) is 35.4 Å². The van der Waals surface area contributed by atoms with Gasteiger partial charge in [-0.25, -0.2) is 9.66 Å². The molecule has 0 saturated carbocycles. The molecule has 0 amide bonds. The van der Waals surface area contributed by atoms with Gasteiger partial charge < -0.3 is 9.75 Å². The van der Waals surface area contributed by atoms with Gasteiger partial charge in [0.2, 0.25) is 0 Å². The molecule has 3 heterocycles. The van der Waals surface area contributed by atoms with Gasteiger partial charge in [0.15, 0.2) is 0 Å². The molecular formula is C20H18N4O3. The van der Waals surface area contributed by atoms with Crippen LogP contribution < -0.4 is 20.9 Å². The molecule has 0 aliphatic heterocycles. The lowest BCUT2D eigenvalue weighted by Gasteiger charge is -2.16. The second-order valence-electron chi connectivity index (χ2n) is 6.36. The van der Waals surface area contributed by atoms with Crippen LogP contribution in [0.5, 0.6) is 5.75 Å². The summed E-state index contributed by atoms with van der Waals surface area (Å²) in [4.78, 5) is 30.3. The first-order valence-corrected chi connectivity index (χ1v) is 8.39. The minimum atomic E-state index is -0.241. The number of aromatic nitrogens is 3. The Balaban J connectivity index is 2.01. The molecule has 0 spiro atoms. The van der Waals surface area contributed by atoms with Crippen LogP contribution in [0.25, 0.3) is 27.5 Å². The molecule has 1 aromatic carbocycles. The zero-order chi connectivity index (χ0) is 19.1. The lowest BCUT2D eigenvalue weighted by molar-refractivity contribution is 0.414. The fourth-order valence-electron chi connectivity index (χ4n) is 3.09. The first-order valence-electron chi connectivity index (χ1n) is 8.39. The van der Waals surface area contributed by atoms with Crippen LogP contribution in [0.15, 0.2) is 64.4 Å². The van der Waals surface area contributed by atoms with Gasteiger partial charge in [-0.05, 0) is 30.3 Å². The molecule has 4 aromatic rings. The number of nitrogens with zero attached hydrogens (tertiary/aromatic N) is 4. The van der Waals surface area contributed by atoms with Crippen LogP contribution in [0.1, 0.15) is 0 Å². The summed E-state index contributed by atoms with van der Waals surface area (Å²) < 4.78 is 8.23. The summed E-state index contributed by atoms with van der Waals surface area (Å²) in [5.74, 6) is 0.657. The van der Waals surface area contributed by atoms with E-state index >= 15 is 0 Å².